The van der Waals surface area contributed by atoms with E-state index < -0.39 is 0 Å². The number of aryl methyl sites for hydroxylation is 1. The van der Waals surface area contributed by atoms with Gasteiger partial charge in [0.15, 0.2) is 0 Å². The van der Waals surface area contributed by atoms with E-state index in [0.717, 1.165) is 47.3 Å². The van der Waals surface area contributed by atoms with Gasteiger partial charge in [0.25, 0.3) is 0 Å². The zero-order valence-corrected chi connectivity index (χ0v) is 11.4. The first-order valence-corrected chi connectivity index (χ1v) is 6.94. The molecule has 1 aromatic heterocycles. The van der Waals surface area contributed by atoms with E-state index in [4.69, 9.17) is 16.6 Å². The van der Waals surface area contributed by atoms with Crippen molar-refractivity contribution >= 4 is 22.6 Å². The lowest BCUT2D eigenvalue weighted by Crippen LogP contribution is -2.29. The molecular formula is C14H18ClN3. The molecular weight excluding hydrogens is 246 g/mol. The van der Waals surface area contributed by atoms with Crippen molar-refractivity contribution in [3.8, 4) is 0 Å². The zero-order valence-electron chi connectivity index (χ0n) is 10.6. The van der Waals surface area contributed by atoms with Gasteiger partial charge in [-0.15, -0.1) is 0 Å². The highest BCUT2D eigenvalue weighted by Gasteiger charge is 2.17. The summed E-state index contributed by atoms with van der Waals surface area (Å²) >= 11 is 6.25. The second kappa shape index (κ2) is 4.90. The van der Waals surface area contributed by atoms with E-state index in [1.807, 2.05) is 18.2 Å². The molecule has 18 heavy (non-hydrogen) atoms. The van der Waals surface area contributed by atoms with E-state index in [-0.39, 0.29) is 0 Å². The quantitative estimate of drug-likeness (QED) is 0.903. The maximum absolute atomic E-state index is 6.25. The fourth-order valence-corrected chi connectivity index (χ4v) is 3.09. The smallest absolute Gasteiger partial charge is 0.109 e. The van der Waals surface area contributed by atoms with Gasteiger partial charge in [-0.05, 0) is 44.0 Å². The SMILES string of the molecule is Cn1c(CC2CCNCC2)nc2cccc(Cl)c21. The first-order chi connectivity index (χ1) is 8.75. The molecule has 4 heteroatoms. The van der Waals surface area contributed by atoms with Crippen molar-refractivity contribution in [3.05, 3.63) is 29.0 Å². The van der Waals surface area contributed by atoms with Crippen LogP contribution in [-0.4, -0.2) is 22.6 Å². The number of nitrogens with zero attached hydrogens (tertiary/aromatic N) is 2. The first kappa shape index (κ1) is 12.0. The molecule has 0 saturated carbocycles. The minimum absolute atomic E-state index is 0.750. The van der Waals surface area contributed by atoms with Crippen LogP contribution in [0.1, 0.15) is 18.7 Å². The summed E-state index contributed by atoms with van der Waals surface area (Å²) in [6.45, 7) is 2.27. The number of imidazole rings is 1. The third-order valence-electron chi connectivity index (χ3n) is 3.87. The Morgan fingerprint density at radius 1 is 1.39 bits per heavy atom. The van der Waals surface area contributed by atoms with Gasteiger partial charge < -0.3 is 9.88 Å². The maximum atomic E-state index is 6.25. The highest BCUT2D eigenvalue weighted by molar-refractivity contribution is 6.35. The summed E-state index contributed by atoms with van der Waals surface area (Å²) < 4.78 is 2.15. The Kier molecular flexibility index (Phi) is 3.27. The van der Waals surface area contributed by atoms with Crippen LogP contribution in [0.5, 0.6) is 0 Å². The summed E-state index contributed by atoms with van der Waals surface area (Å²) in [5, 5.41) is 4.19. The van der Waals surface area contributed by atoms with E-state index in [1.54, 1.807) is 0 Å². The van der Waals surface area contributed by atoms with Gasteiger partial charge in [0, 0.05) is 13.5 Å². The van der Waals surface area contributed by atoms with E-state index >= 15 is 0 Å². The van der Waals surface area contributed by atoms with Gasteiger partial charge in [0.05, 0.1) is 16.1 Å². The summed E-state index contributed by atoms with van der Waals surface area (Å²) in [4.78, 5) is 4.73. The van der Waals surface area contributed by atoms with Crippen LogP contribution in [0.25, 0.3) is 11.0 Å². The molecule has 2 aromatic rings. The normalized spacial score (nSPS) is 17.4. The van der Waals surface area contributed by atoms with Gasteiger partial charge in [-0.1, -0.05) is 17.7 Å². The van der Waals surface area contributed by atoms with Gasteiger partial charge >= 0.3 is 0 Å². The fourth-order valence-electron chi connectivity index (χ4n) is 2.80. The van der Waals surface area contributed by atoms with Crippen molar-refractivity contribution in [2.45, 2.75) is 19.3 Å². The standard InChI is InChI=1S/C14H18ClN3/c1-18-13(9-10-5-7-16-8-6-10)17-12-4-2-3-11(15)14(12)18/h2-4,10,16H,5-9H2,1H3. The molecule has 2 heterocycles. The lowest BCUT2D eigenvalue weighted by Gasteiger charge is -2.22. The molecule has 1 fully saturated rings. The van der Waals surface area contributed by atoms with Crippen molar-refractivity contribution in [2.75, 3.05) is 13.1 Å². The second-order valence-electron chi connectivity index (χ2n) is 5.09. The van der Waals surface area contributed by atoms with Gasteiger partial charge in [-0.3, -0.25) is 0 Å². The molecule has 0 bridgehead atoms. The Balaban J connectivity index is 1.92. The Morgan fingerprint density at radius 2 is 2.17 bits per heavy atom. The largest absolute Gasteiger partial charge is 0.330 e. The number of para-hydroxylation sites is 1. The molecule has 0 aliphatic carbocycles. The monoisotopic (exact) mass is 263 g/mol. The zero-order chi connectivity index (χ0) is 12.5. The number of rotatable bonds is 2. The van der Waals surface area contributed by atoms with Crippen LogP contribution in [0.4, 0.5) is 0 Å². The summed E-state index contributed by atoms with van der Waals surface area (Å²) in [6, 6.07) is 5.93. The van der Waals surface area contributed by atoms with Crippen LogP contribution in [-0.2, 0) is 13.5 Å². The molecule has 0 radical (unpaired) electrons. The Labute approximate surface area is 112 Å². The molecule has 0 atom stereocenters. The molecule has 0 spiro atoms. The number of aromatic nitrogens is 2. The Morgan fingerprint density at radius 3 is 2.89 bits per heavy atom. The third-order valence-corrected chi connectivity index (χ3v) is 4.17. The number of fused-ring (bicyclic) bond motifs is 1. The van der Waals surface area contributed by atoms with Crippen molar-refractivity contribution < 1.29 is 0 Å². The molecule has 3 nitrogen and oxygen atoms in total. The molecule has 1 aliphatic heterocycles. The summed E-state index contributed by atoms with van der Waals surface area (Å²) in [7, 11) is 2.07. The van der Waals surface area contributed by atoms with E-state index in [0.29, 0.717) is 0 Å². The van der Waals surface area contributed by atoms with E-state index in [1.165, 1.54) is 12.8 Å². The Bertz CT molecular complexity index is 555. The minimum Gasteiger partial charge on any atom is -0.330 e. The topological polar surface area (TPSA) is 29.9 Å². The molecule has 1 aromatic carbocycles. The summed E-state index contributed by atoms with van der Waals surface area (Å²) in [5.41, 5.74) is 2.07. The average Bonchev–Trinajstić information content (AvgIpc) is 2.69. The van der Waals surface area contributed by atoms with Gasteiger partial charge in [0.2, 0.25) is 0 Å². The molecule has 1 N–H and O–H groups in total. The highest BCUT2D eigenvalue weighted by Crippen LogP contribution is 2.26. The molecule has 0 unspecified atom stereocenters. The molecule has 1 saturated heterocycles. The van der Waals surface area contributed by atoms with Crippen molar-refractivity contribution in [1.29, 1.82) is 0 Å². The number of piperidine rings is 1. The van der Waals surface area contributed by atoms with Gasteiger partial charge in [-0.25, -0.2) is 4.98 Å². The fraction of sp³-hybridized carbons (Fsp3) is 0.500. The van der Waals surface area contributed by atoms with Crippen LogP contribution in [0, 0.1) is 5.92 Å². The predicted molar refractivity (Wildman–Crippen MR) is 75.0 cm³/mol. The molecule has 0 amide bonds. The number of benzene rings is 1. The average molecular weight is 264 g/mol. The second-order valence-corrected chi connectivity index (χ2v) is 5.50. The number of nitrogens with one attached hydrogen (secondary N) is 1. The van der Waals surface area contributed by atoms with Crippen LogP contribution >= 0.6 is 11.6 Å². The molecule has 96 valence electrons. The summed E-state index contributed by atoms with van der Waals surface area (Å²) in [6.07, 6.45) is 3.55. The van der Waals surface area contributed by atoms with Crippen LogP contribution in [0.3, 0.4) is 0 Å². The predicted octanol–water partition coefficient (Wildman–Crippen LogP) is 2.77. The number of hydrogen-bond acceptors (Lipinski definition) is 2. The van der Waals surface area contributed by atoms with E-state index in [9.17, 15) is 0 Å². The number of halogens is 1. The number of hydrogen-bond donors (Lipinski definition) is 1. The van der Waals surface area contributed by atoms with Gasteiger partial charge in [0.1, 0.15) is 5.82 Å². The maximum Gasteiger partial charge on any atom is 0.109 e. The van der Waals surface area contributed by atoms with Gasteiger partial charge in [-0.2, -0.15) is 0 Å². The van der Waals surface area contributed by atoms with Crippen LogP contribution in [0.2, 0.25) is 5.02 Å². The van der Waals surface area contributed by atoms with E-state index in [2.05, 4.69) is 16.9 Å². The lowest BCUT2D eigenvalue weighted by atomic mass is 9.94. The van der Waals surface area contributed by atoms with Crippen LogP contribution < -0.4 is 5.32 Å². The molecule has 1 aliphatic rings. The first-order valence-electron chi connectivity index (χ1n) is 6.56. The minimum atomic E-state index is 0.750. The summed E-state index contributed by atoms with van der Waals surface area (Å²) in [5.74, 6) is 1.91. The lowest BCUT2D eigenvalue weighted by molar-refractivity contribution is 0.365. The third kappa shape index (κ3) is 2.13. The van der Waals surface area contributed by atoms with Crippen molar-refractivity contribution in [3.63, 3.8) is 0 Å². The van der Waals surface area contributed by atoms with Crippen LogP contribution in [0.15, 0.2) is 18.2 Å². The van der Waals surface area contributed by atoms with Crippen molar-refractivity contribution in [1.82, 2.24) is 14.9 Å². The van der Waals surface area contributed by atoms with Crippen molar-refractivity contribution in [2.24, 2.45) is 13.0 Å². The Hall–Kier alpha value is -1.06. The highest BCUT2D eigenvalue weighted by atomic mass is 35.5. The molecule has 3 rings (SSSR count).